The van der Waals surface area contributed by atoms with E-state index in [1.165, 1.54) is 5.56 Å². The molecule has 2 N–H and O–H groups in total. The van der Waals surface area contributed by atoms with Crippen molar-refractivity contribution in [3.05, 3.63) is 35.9 Å². The molecule has 0 saturated heterocycles. The van der Waals surface area contributed by atoms with Gasteiger partial charge in [0.05, 0.1) is 6.61 Å². The molecule has 102 valence electrons. The molecule has 0 aliphatic rings. The summed E-state index contributed by atoms with van der Waals surface area (Å²) < 4.78 is 5.40. The van der Waals surface area contributed by atoms with Crippen LogP contribution in [0.5, 0.6) is 0 Å². The highest BCUT2D eigenvalue weighted by Gasteiger charge is 2.21. The molecule has 3 nitrogen and oxygen atoms in total. The third kappa shape index (κ3) is 4.41. The third-order valence-corrected chi connectivity index (χ3v) is 3.38. The first-order valence-electron chi connectivity index (χ1n) is 6.79. The lowest BCUT2D eigenvalue weighted by Gasteiger charge is -2.32. The molecule has 18 heavy (non-hydrogen) atoms. The smallest absolute Gasteiger partial charge is 0.0593 e. The van der Waals surface area contributed by atoms with Gasteiger partial charge in [-0.15, -0.1) is 0 Å². The number of nitrogens with two attached hydrogens (primary N) is 1. The van der Waals surface area contributed by atoms with Gasteiger partial charge in [0.2, 0.25) is 0 Å². The maximum absolute atomic E-state index is 6.37. The zero-order valence-corrected chi connectivity index (χ0v) is 11.8. The number of rotatable bonds is 8. The van der Waals surface area contributed by atoms with Crippen LogP contribution in [0.1, 0.15) is 31.9 Å². The van der Waals surface area contributed by atoms with Crippen molar-refractivity contribution in [1.82, 2.24) is 4.90 Å². The predicted octanol–water partition coefficient (Wildman–Crippen LogP) is 2.43. The summed E-state index contributed by atoms with van der Waals surface area (Å²) in [6.07, 6.45) is 1.04. The number of hydrogen-bond donors (Lipinski definition) is 1. The molecule has 2 unspecified atom stereocenters. The summed E-state index contributed by atoms with van der Waals surface area (Å²) >= 11 is 0. The van der Waals surface area contributed by atoms with Gasteiger partial charge < -0.3 is 10.5 Å². The number of ether oxygens (including phenoxy) is 1. The lowest BCUT2D eigenvalue weighted by Crippen LogP contribution is -2.41. The number of benzene rings is 1. The summed E-state index contributed by atoms with van der Waals surface area (Å²) in [5.74, 6) is 0. The van der Waals surface area contributed by atoms with Gasteiger partial charge in [0.25, 0.3) is 0 Å². The fourth-order valence-electron chi connectivity index (χ4n) is 2.26. The molecule has 1 rings (SSSR count). The second-order valence-corrected chi connectivity index (χ2v) is 4.59. The first-order valence-corrected chi connectivity index (χ1v) is 6.79. The molecular weight excluding hydrogens is 224 g/mol. The molecule has 3 heteroatoms. The monoisotopic (exact) mass is 250 g/mol. The van der Waals surface area contributed by atoms with E-state index in [0.717, 1.165) is 26.2 Å². The average Bonchev–Trinajstić information content (AvgIpc) is 2.41. The summed E-state index contributed by atoms with van der Waals surface area (Å²) in [5, 5.41) is 0. The second kappa shape index (κ2) is 8.25. The molecule has 0 spiro atoms. The van der Waals surface area contributed by atoms with Gasteiger partial charge in [0.15, 0.2) is 0 Å². The highest BCUT2D eigenvalue weighted by Crippen LogP contribution is 2.19. The molecule has 0 saturated carbocycles. The maximum atomic E-state index is 6.37. The maximum Gasteiger partial charge on any atom is 0.0593 e. The molecule has 2 atom stereocenters. The van der Waals surface area contributed by atoms with E-state index >= 15 is 0 Å². The Balaban J connectivity index is 2.59. The largest absolute Gasteiger partial charge is 0.380 e. The van der Waals surface area contributed by atoms with E-state index in [0.29, 0.717) is 6.04 Å². The van der Waals surface area contributed by atoms with Crippen LogP contribution in [-0.2, 0) is 4.74 Å². The van der Waals surface area contributed by atoms with Crippen LogP contribution in [0.2, 0.25) is 0 Å². The van der Waals surface area contributed by atoms with Gasteiger partial charge in [-0.1, -0.05) is 37.3 Å². The van der Waals surface area contributed by atoms with Gasteiger partial charge in [0, 0.05) is 25.2 Å². The fraction of sp³-hybridized carbons (Fsp3) is 0.600. The molecule has 0 heterocycles. The zero-order valence-electron chi connectivity index (χ0n) is 11.8. The zero-order chi connectivity index (χ0) is 13.4. The van der Waals surface area contributed by atoms with Crippen LogP contribution in [0.15, 0.2) is 30.3 Å². The Morgan fingerprint density at radius 3 is 2.44 bits per heavy atom. The molecule has 0 amide bonds. The van der Waals surface area contributed by atoms with Crippen molar-refractivity contribution < 1.29 is 4.74 Å². The topological polar surface area (TPSA) is 38.5 Å². The van der Waals surface area contributed by atoms with E-state index in [1.807, 2.05) is 25.1 Å². The normalized spacial score (nSPS) is 14.7. The number of likely N-dealkylation sites (N-methyl/N-ethyl adjacent to an activating group) is 1. The molecule has 0 aromatic heterocycles. The first-order chi connectivity index (χ1) is 8.70. The van der Waals surface area contributed by atoms with Crippen molar-refractivity contribution in [2.45, 2.75) is 32.4 Å². The van der Waals surface area contributed by atoms with Crippen molar-refractivity contribution in [1.29, 1.82) is 0 Å². The van der Waals surface area contributed by atoms with Crippen LogP contribution >= 0.6 is 0 Å². The molecule has 0 radical (unpaired) electrons. The molecule has 0 aliphatic heterocycles. The summed E-state index contributed by atoms with van der Waals surface area (Å²) in [6.45, 7) is 6.67. The molecule has 1 aromatic carbocycles. The minimum Gasteiger partial charge on any atom is -0.380 e. The van der Waals surface area contributed by atoms with Gasteiger partial charge in [-0.3, -0.25) is 4.90 Å². The Labute approximate surface area is 111 Å². The third-order valence-electron chi connectivity index (χ3n) is 3.38. The molecule has 1 aromatic rings. The number of hydrogen-bond acceptors (Lipinski definition) is 3. The minimum absolute atomic E-state index is 0.0582. The quantitative estimate of drug-likeness (QED) is 0.720. The van der Waals surface area contributed by atoms with Crippen LogP contribution in [0.4, 0.5) is 0 Å². The Hall–Kier alpha value is -0.900. The SMILES string of the molecule is CCOCCN(C)C(CC)C(N)c1ccccc1. The highest BCUT2D eigenvalue weighted by molar-refractivity contribution is 5.20. The molecule has 0 fully saturated rings. The van der Waals surface area contributed by atoms with E-state index < -0.39 is 0 Å². The molecular formula is C15H26N2O. The van der Waals surface area contributed by atoms with Crippen LogP contribution < -0.4 is 5.73 Å². The average molecular weight is 250 g/mol. The fourth-order valence-corrected chi connectivity index (χ4v) is 2.26. The van der Waals surface area contributed by atoms with Gasteiger partial charge in [-0.05, 0) is 26.0 Å². The van der Waals surface area contributed by atoms with Gasteiger partial charge in [0.1, 0.15) is 0 Å². The summed E-state index contributed by atoms with van der Waals surface area (Å²) in [6, 6.07) is 10.7. The Kier molecular flexibility index (Phi) is 6.94. The summed E-state index contributed by atoms with van der Waals surface area (Å²) in [5.41, 5.74) is 7.57. The Bertz CT molecular complexity index is 316. The van der Waals surface area contributed by atoms with Gasteiger partial charge >= 0.3 is 0 Å². The molecule has 0 aliphatic carbocycles. The van der Waals surface area contributed by atoms with Crippen LogP contribution in [0.3, 0.4) is 0 Å². The van der Waals surface area contributed by atoms with Crippen LogP contribution in [-0.4, -0.2) is 37.7 Å². The second-order valence-electron chi connectivity index (χ2n) is 4.59. The van der Waals surface area contributed by atoms with Crippen molar-refractivity contribution in [3.8, 4) is 0 Å². The van der Waals surface area contributed by atoms with E-state index in [9.17, 15) is 0 Å². The van der Waals surface area contributed by atoms with Crippen molar-refractivity contribution in [2.24, 2.45) is 5.73 Å². The van der Waals surface area contributed by atoms with Crippen molar-refractivity contribution in [2.75, 3.05) is 26.8 Å². The Morgan fingerprint density at radius 2 is 1.89 bits per heavy atom. The Morgan fingerprint density at radius 1 is 1.22 bits per heavy atom. The summed E-state index contributed by atoms with van der Waals surface area (Å²) in [4.78, 5) is 2.30. The standard InChI is InChI=1S/C15H26N2O/c1-4-14(17(3)11-12-18-5-2)15(16)13-9-7-6-8-10-13/h6-10,14-15H,4-5,11-12,16H2,1-3H3. The first kappa shape index (κ1) is 15.2. The van der Waals surface area contributed by atoms with Crippen molar-refractivity contribution >= 4 is 0 Å². The van der Waals surface area contributed by atoms with Gasteiger partial charge in [-0.2, -0.15) is 0 Å². The highest BCUT2D eigenvalue weighted by atomic mass is 16.5. The number of nitrogens with zero attached hydrogens (tertiary/aromatic N) is 1. The predicted molar refractivity (Wildman–Crippen MR) is 76.6 cm³/mol. The minimum atomic E-state index is 0.0582. The van der Waals surface area contributed by atoms with E-state index in [4.69, 9.17) is 10.5 Å². The van der Waals surface area contributed by atoms with E-state index in [2.05, 4.69) is 31.0 Å². The van der Waals surface area contributed by atoms with Crippen LogP contribution in [0, 0.1) is 0 Å². The van der Waals surface area contributed by atoms with E-state index in [-0.39, 0.29) is 6.04 Å². The van der Waals surface area contributed by atoms with Gasteiger partial charge in [-0.25, -0.2) is 0 Å². The lowest BCUT2D eigenvalue weighted by atomic mass is 9.97. The van der Waals surface area contributed by atoms with E-state index in [1.54, 1.807) is 0 Å². The lowest BCUT2D eigenvalue weighted by molar-refractivity contribution is 0.0997. The summed E-state index contributed by atoms with van der Waals surface area (Å²) in [7, 11) is 2.12. The van der Waals surface area contributed by atoms with Crippen LogP contribution in [0.25, 0.3) is 0 Å². The van der Waals surface area contributed by atoms with Crippen molar-refractivity contribution in [3.63, 3.8) is 0 Å². The molecule has 0 bridgehead atoms.